The standard InChI is InChI=1S/C17H19Cl2N7O2/c1-9(21)28-14(22)4-5-23-15-13(7-20)25-17(26-16(15)27)24-8-10-2-3-11(18)12(19)6-10/h2-3,6-7,20-23H,4-5,8H2,1H3,(H2,24,25,26,27). The summed E-state index contributed by atoms with van der Waals surface area (Å²) < 4.78 is 4.84. The Morgan fingerprint density at radius 3 is 2.68 bits per heavy atom. The summed E-state index contributed by atoms with van der Waals surface area (Å²) >= 11 is 11.9. The molecular weight excluding hydrogens is 405 g/mol. The predicted molar refractivity (Wildman–Crippen MR) is 112 cm³/mol. The molecule has 1 aromatic heterocycles. The molecule has 0 spiro atoms. The lowest BCUT2D eigenvalue weighted by molar-refractivity contribution is 0.513. The fourth-order valence-corrected chi connectivity index (χ4v) is 2.54. The number of benzene rings is 1. The summed E-state index contributed by atoms with van der Waals surface area (Å²) in [6, 6.07) is 5.17. The third-order valence-electron chi connectivity index (χ3n) is 3.46. The number of aromatic nitrogens is 2. The van der Waals surface area contributed by atoms with Crippen LogP contribution in [0.15, 0.2) is 23.0 Å². The van der Waals surface area contributed by atoms with Gasteiger partial charge in [0.15, 0.2) is 11.8 Å². The molecule has 9 nitrogen and oxygen atoms in total. The Kier molecular flexibility index (Phi) is 7.53. The molecular formula is C17H19Cl2N7O2. The highest BCUT2D eigenvalue weighted by atomic mass is 35.5. The number of ether oxygens (including phenoxy) is 1. The molecule has 0 saturated carbocycles. The topological polar surface area (TPSA) is 151 Å². The molecule has 148 valence electrons. The summed E-state index contributed by atoms with van der Waals surface area (Å²) in [6.45, 7) is 1.99. The average Bonchev–Trinajstić information content (AvgIpc) is 2.63. The predicted octanol–water partition coefficient (Wildman–Crippen LogP) is 3.48. The SMILES string of the molecule is CC(=N)OC(=N)CCNc1c(C=N)nc(NCc2ccc(Cl)c(Cl)c2)[nH]c1=O. The first-order valence-corrected chi connectivity index (χ1v) is 8.92. The van der Waals surface area contributed by atoms with Gasteiger partial charge in [0.05, 0.1) is 10.0 Å². The molecule has 0 aliphatic heterocycles. The number of nitrogens with zero attached hydrogens (tertiary/aromatic N) is 1. The fraction of sp³-hybridized carbons (Fsp3) is 0.235. The van der Waals surface area contributed by atoms with E-state index < -0.39 is 5.56 Å². The number of hydrogen-bond donors (Lipinski definition) is 6. The molecule has 0 amide bonds. The van der Waals surface area contributed by atoms with E-state index in [1.165, 1.54) is 6.92 Å². The summed E-state index contributed by atoms with van der Waals surface area (Å²) in [5.74, 6) is 0.0263. The van der Waals surface area contributed by atoms with Crippen LogP contribution in [-0.2, 0) is 11.3 Å². The summed E-state index contributed by atoms with van der Waals surface area (Å²) in [5, 5.41) is 28.9. The fourth-order valence-electron chi connectivity index (χ4n) is 2.22. The maximum atomic E-state index is 12.3. The van der Waals surface area contributed by atoms with Crippen LogP contribution >= 0.6 is 23.2 Å². The quantitative estimate of drug-likeness (QED) is 0.283. The first kappa shape index (κ1) is 21.4. The maximum absolute atomic E-state index is 12.3. The molecule has 6 N–H and O–H groups in total. The molecule has 0 radical (unpaired) electrons. The minimum absolute atomic E-state index is 0.0814. The van der Waals surface area contributed by atoms with Crippen molar-refractivity contribution in [3.63, 3.8) is 0 Å². The molecule has 1 heterocycles. The van der Waals surface area contributed by atoms with E-state index in [1.54, 1.807) is 18.2 Å². The van der Waals surface area contributed by atoms with E-state index >= 15 is 0 Å². The van der Waals surface area contributed by atoms with Crippen molar-refractivity contribution in [2.75, 3.05) is 17.2 Å². The van der Waals surface area contributed by atoms with Gasteiger partial charge in [-0.05, 0) is 17.7 Å². The molecule has 28 heavy (non-hydrogen) atoms. The second kappa shape index (κ2) is 9.86. The van der Waals surface area contributed by atoms with Gasteiger partial charge in [0.25, 0.3) is 5.56 Å². The Labute approximate surface area is 171 Å². The van der Waals surface area contributed by atoms with E-state index in [2.05, 4.69) is 20.6 Å². The van der Waals surface area contributed by atoms with Gasteiger partial charge >= 0.3 is 0 Å². The zero-order valence-corrected chi connectivity index (χ0v) is 16.5. The third kappa shape index (κ3) is 6.07. The van der Waals surface area contributed by atoms with E-state index in [4.69, 9.17) is 44.2 Å². The number of nitrogens with one attached hydrogen (secondary N) is 6. The number of hydrogen-bond acceptors (Lipinski definition) is 8. The van der Waals surface area contributed by atoms with Crippen LogP contribution in [0.5, 0.6) is 0 Å². The van der Waals surface area contributed by atoms with Crippen molar-refractivity contribution in [2.24, 2.45) is 0 Å². The Morgan fingerprint density at radius 1 is 1.29 bits per heavy atom. The molecule has 0 saturated heterocycles. The van der Waals surface area contributed by atoms with Crippen LogP contribution in [0.3, 0.4) is 0 Å². The van der Waals surface area contributed by atoms with Gasteiger partial charge in [-0.1, -0.05) is 29.3 Å². The smallest absolute Gasteiger partial charge is 0.276 e. The van der Waals surface area contributed by atoms with Crippen LogP contribution in [0.1, 0.15) is 24.6 Å². The van der Waals surface area contributed by atoms with Crippen LogP contribution in [-0.4, -0.2) is 34.5 Å². The van der Waals surface area contributed by atoms with Gasteiger partial charge in [0, 0.05) is 32.6 Å². The van der Waals surface area contributed by atoms with Crippen LogP contribution in [0.25, 0.3) is 0 Å². The molecule has 1 aromatic carbocycles. The van der Waals surface area contributed by atoms with Crippen molar-refractivity contribution >= 4 is 52.8 Å². The van der Waals surface area contributed by atoms with Crippen molar-refractivity contribution in [2.45, 2.75) is 19.9 Å². The first-order valence-electron chi connectivity index (χ1n) is 8.17. The number of aromatic amines is 1. The van der Waals surface area contributed by atoms with E-state index in [1.807, 2.05) is 0 Å². The summed E-state index contributed by atoms with van der Waals surface area (Å²) in [6.07, 6.45) is 1.13. The molecule has 0 bridgehead atoms. The lowest BCUT2D eigenvalue weighted by atomic mass is 10.2. The average molecular weight is 424 g/mol. The van der Waals surface area contributed by atoms with Gasteiger partial charge in [-0.25, -0.2) is 4.98 Å². The van der Waals surface area contributed by atoms with Crippen molar-refractivity contribution in [3.05, 3.63) is 49.9 Å². The molecule has 0 aliphatic rings. The molecule has 2 aromatic rings. The van der Waals surface area contributed by atoms with Crippen LogP contribution in [0.4, 0.5) is 11.6 Å². The Hall–Kier alpha value is -2.91. The van der Waals surface area contributed by atoms with E-state index in [0.717, 1.165) is 11.8 Å². The summed E-state index contributed by atoms with van der Waals surface area (Å²) in [5.41, 5.74) is 0.655. The lowest BCUT2D eigenvalue weighted by Crippen LogP contribution is -2.22. The molecule has 0 atom stereocenters. The highest BCUT2D eigenvalue weighted by molar-refractivity contribution is 6.42. The second-order valence-electron chi connectivity index (χ2n) is 5.68. The normalized spacial score (nSPS) is 10.2. The van der Waals surface area contributed by atoms with Crippen molar-refractivity contribution in [1.82, 2.24) is 9.97 Å². The van der Waals surface area contributed by atoms with Crippen molar-refractivity contribution < 1.29 is 4.74 Å². The number of anilines is 2. The van der Waals surface area contributed by atoms with Gasteiger partial charge in [0.2, 0.25) is 5.95 Å². The Balaban J connectivity index is 2.04. The van der Waals surface area contributed by atoms with Gasteiger partial charge < -0.3 is 20.8 Å². The Morgan fingerprint density at radius 2 is 2.04 bits per heavy atom. The monoisotopic (exact) mass is 423 g/mol. The van der Waals surface area contributed by atoms with Gasteiger partial charge in [-0.2, -0.15) is 0 Å². The zero-order valence-electron chi connectivity index (χ0n) is 15.0. The van der Waals surface area contributed by atoms with E-state index in [9.17, 15) is 4.79 Å². The highest BCUT2D eigenvalue weighted by Gasteiger charge is 2.11. The summed E-state index contributed by atoms with van der Waals surface area (Å²) in [7, 11) is 0. The second-order valence-corrected chi connectivity index (χ2v) is 6.49. The molecule has 0 unspecified atom stereocenters. The number of H-pyrrole nitrogens is 1. The largest absolute Gasteiger partial charge is 0.430 e. The van der Waals surface area contributed by atoms with Crippen LogP contribution in [0, 0.1) is 16.2 Å². The van der Waals surface area contributed by atoms with Crippen LogP contribution in [0.2, 0.25) is 10.0 Å². The molecule has 0 fully saturated rings. The van der Waals surface area contributed by atoms with Crippen molar-refractivity contribution in [3.8, 4) is 0 Å². The van der Waals surface area contributed by atoms with E-state index in [0.29, 0.717) is 16.6 Å². The van der Waals surface area contributed by atoms with Crippen molar-refractivity contribution in [1.29, 1.82) is 16.2 Å². The molecule has 2 rings (SSSR count). The highest BCUT2D eigenvalue weighted by Crippen LogP contribution is 2.22. The van der Waals surface area contributed by atoms with Crippen LogP contribution < -0.4 is 16.2 Å². The number of halogens is 2. The van der Waals surface area contributed by atoms with Gasteiger partial charge in [-0.3, -0.25) is 20.6 Å². The number of rotatable bonds is 8. The minimum atomic E-state index is -0.458. The minimum Gasteiger partial charge on any atom is -0.430 e. The Bertz CT molecular complexity index is 959. The third-order valence-corrected chi connectivity index (χ3v) is 4.20. The lowest BCUT2D eigenvalue weighted by Gasteiger charge is -2.11. The molecule has 11 heteroatoms. The van der Waals surface area contributed by atoms with E-state index in [-0.39, 0.29) is 42.1 Å². The zero-order chi connectivity index (χ0) is 20.7. The summed E-state index contributed by atoms with van der Waals surface area (Å²) in [4.78, 5) is 19.1. The van der Waals surface area contributed by atoms with Gasteiger partial charge in [-0.15, -0.1) is 0 Å². The first-order chi connectivity index (χ1) is 13.3. The molecule has 0 aliphatic carbocycles. The van der Waals surface area contributed by atoms with Gasteiger partial charge in [0.1, 0.15) is 11.4 Å². The maximum Gasteiger partial charge on any atom is 0.276 e.